The van der Waals surface area contributed by atoms with Crippen LogP contribution in [-0.2, 0) is 0 Å². The van der Waals surface area contributed by atoms with Gasteiger partial charge < -0.3 is 5.32 Å². The van der Waals surface area contributed by atoms with Gasteiger partial charge in [0.15, 0.2) is 0 Å². The van der Waals surface area contributed by atoms with E-state index in [0.717, 1.165) is 57.3 Å². The zero-order chi connectivity index (χ0) is 20.5. The summed E-state index contributed by atoms with van der Waals surface area (Å²) < 4.78 is 0. The van der Waals surface area contributed by atoms with Crippen LogP contribution in [0.1, 0.15) is 59.2 Å². The Morgan fingerprint density at radius 3 is 2.55 bits per heavy atom. The number of aryl methyl sites for hydroxylation is 2. The molecule has 0 spiro atoms. The summed E-state index contributed by atoms with van der Waals surface area (Å²) in [6.45, 7) is 6.12. The molecule has 1 aliphatic rings. The maximum absolute atomic E-state index is 13.5. The van der Waals surface area contributed by atoms with Gasteiger partial charge in [-0.3, -0.25) is 4.79 Å². The molecule has 1 fully saturated rings. The van der Waals surface area contributed by atoms with Gasteiger partial charge in [0.05, 0.1) is 16.8 Å². The quantitative estimate of drug-likeness (QED) is 0.536. The number of hydrogen-bond donors (Lipinski definition) is 1. The van der Waals surface area contributed by atoms with Crippen LogP contribution in [0.3, 0.4) is 0 Å². The maximum atomic E-state index is 13.5. The summed E-state index contributed by atoms with van der Waals surface area (Å²) in [6.07, 6.45) is 5.76. The average molecular weight is 407 g/mol. The molecule has 29 heavy (non-hydrogen) atoms. The van der Waals surface area contributed by atoms with Gasteiger partial charge in [0, 0.05) is 22.0 Å². The van der Waals surface area contributed by atoms with E-state index in [9.17, 15) is 4.79 Å². The Morgan fingerprint density at radius 2 is 1.83 bits per heavy atom. The Bertz CT molecular complexity index is 1080. The highest BCUT2D eigenvalue weighted by molar-refractivity contribution is 6.30. The van der Waals surface area contributed by atoms with E-state index < -0.39 is 0 Å². The molecule has 0 radical (unpaired) electrons. The molecule has 2 aromatic carbocycles. The third-order valence-corrected chi connectivity index (χ3v) is 6.17. The van der Waals surface area contributed by atoms with E-state index in [0.29, 0.717) is 5.02 Å². The van der Waals surface area contributed by atoms with Crippen molar-refractivity contribution in [2.75, 3.05) is 0 Å². The van der Waals surface area contributed by atoms with E-state index in [1.54, 1.807) is 0 Å². The summed E-state index contributed by atoms with van der Waals surface area (Å²) in [5.41, 5.74) is 6.49. The fourth-order valence-electron chi connectivity index (χ4n) is 4.53. The van der Waals surface area contributed by atoms with Gasteiger partial charge in [-0.25, -0.2) is 4.98 Å². The zero-order valence-corrected chi connectivity index (χ0v) is 18.1. The van der Waals surface area contributed by atoms with Crippen LogP contribution in [0.2, 0.25) is 5.02 Å². The maximum Gasteiger partial charge on any atom is 0.252 e. The number of hydrogen-bond acceptors (Lipinski definition) is 2. The number of fused-ring (bicyclic) bond motifs is 1. The topological polar surface area (TPSA) is 42.0 Å². The highest BCUT2D eigenvalue weighted by atomic mass is 35.5. The number of carbonyl (C=O) groups is 1. The summed E-state index contributed by atoms with van der Waals surface area (Å²) in [5.74, 6) is 0.00933. The van der Waals surface area contributed by atoms with Gasteiger partial charge >= 0.3 is 0 Å². The number of nitrogens with one attached hydrogen (secondary N) is 1. The van der Waals surface area contributed by atoms with Gasteiger partial charge in [-0.05, 0) is 62.9 Å². The molecule has 1 aliphatic carbocycles. The van der Waals surface area contributed by atoms with E-state index in [1.165, 1.54) is 19.3 Å². The number of benzene rings is 2. The standard InChI is InChI=1S/C25H27ClN2O/c1-15-12-16(2)23-21(13-15)22(25(29)27-20-10-5-4-6-11-20)17(3)24(28-23)18-8-7-9-19(26)14-18/h7-9,12-14,20H,4-6,10-11H2,1-3H3,(H,27,29). The highest BCUT2D eigenvalue weighted by Crippen LogP contribution is 2.33. The molecule has 0 unspecified atom stereocenters. The SMILES string of the molecule is Cc1cc(C)c2nc(-c3cccc(Cl)c3)c(C)c(C(=O)NC3CCCCC3)c2c1. The first-order valence-electron chi connectivity index (χ1n) is 10.4. The summed E-state index contributed by atoms with van der Waals surface area (Å²) in [6, 6.07) is 12.2. The van der Waals surface area contributed by atoms with Gasteiger partial charge in [0.25, 0.3) is 5.91 Å². The molecule has 3 aromatic rings. The summed E-state index contributed by atoms with van der Waals surface area (Å²) >= 11 is 6.24. The molecule has 4 rings (SSSR count). The lowest BCUT2D eigenvalue weighted by molar-refractivity contribution is 0.0929. The average Bonchev–Trinajstić information content (AvgIpc) is 2.68. The smallest absolute Gasteiger partial charge is 0.252 e. The van der Waals surface area contributed by atoms with Crippen molar-refractivity contribution in [1.82, 2.24) is 10.3 Å². The number of aromatic nitrogens is 1. The zero-order valence-electron chi connectivity index (χ0n) is 17.3. The second-order valence-corrected chi connectivity index (χ2v) is 8.69. The van der Waals surface area contributed by atoms with Gasteiger partial charge in [-0.15, -0.1) is 0 Å². The first-order chi connectivity index (χ1) is 13.9. The molecule has 1 aromatic heterocycles. The number of rotatable bonds is 3. The van der Waals surface area contributed by atoms with Gasteiger partial charge in [0.1, 0.15) is 0 Å². The van der Waals surface area contributed by atoms with Gasteiger partial charge in [0.2, 0.25) is 0 Å². The fraction of sp³-hybridized carbons (Fsp3) is 0.360. The predicted molar refractivity (Wildman–Crippen MR) is 121 cm³/mol. The predicted octanol–water partition coefficient (Wildman–Crippen LogP) is 6.54. The molecule has 0 atom stereocenters. The molecule has 150 valence electrons. The Hall–Kier alpha value is -2.39. The number of halogens is 1. The van der Waals surface area contributed by atoms with E-state index in [-0.39, 0.29) is 11.9 Å². The Morgan fingerprint density at radius 1 is 1.07 bits per heavy atom. The van der Waals surface area contributed by atoms with E-state index >= 15 is 0 Å². The summed E-state index contributed by atoms with van der Waals surface area (Å²) in [4.78, 5) is 18.4. The van der Waals surface area contributed by atoms with Gasteiger partial charge in [-0.1, -0.05) is 54.6 Å². The molecular weight excluding hydrogens is 380 g/mol. The molecule has 1 amide bonds. The van der Waals surface area contributed by atoms with Crippen LogP contribution in [0.25, 0.3) is 22.2 Å². The van der Waals surface area contributed by atoms with Crippen molar-refractivity contribution in [2.24, 2.45) is 0 Å². The van der Waals surface area contributed by atoms with Crippen LogP contribution in [-0.4, -0.2) is 16.9 Å². The normalized spacial score (nSPS) is 14.9. The number of pyridine rings is 1. The van der Waals surface area contributed by atoms with Crippen molar-refractivity contribution in [3.8, 4) is 11.3 Å². The van der Waals surface area contributed by atoms with E-state index in [1.807, 2.05) is 31.2 Å². The molecular formula is C25H27ClN2O. The number of amides is 1. The van der Waals surface area contributed by atoms with Crippen molar-refractivity contribution in [3.63, 3.8) is 0 Å². The molecule has 4 heteroatoms. The minimum absolute atomic E-state index is 0.00933. The van der Waals surface area contributed by atoms with Crippen molar-refractivity contribution >= 4 is 28.4 Å². The van der Waals surface area contributed by atoms with Crippen molar-refractivity contribution in [3.05, 3.63) is 63.7 Å². The minimum Gasteiger partial charge on any atom is -0.349 e. The van der Waals surface area contributed by atoms with E-state index in [4.69, 9.17) is 16.6 Å². The Kier molecular flexibility index (Phi) is 5.60. The van der Waals surface area contributed by atoms with Crippen LogP contribution in [0.15, 0.2) is 36.4 Å². The molecule has 0 saturated heterocycles. The van der Waals surface area contributed by atoms with Crippen molar-refractivity contribution in [1.29, 1.82) is 0 Å². The summed E-state index contributed by atoms with van der Waals surface area (Å²) in [7, 11) is 0. The number of nitrogens with zero attached hydrogens (tertiary/aromatic N) is 1. The largest absolute Gasteiger partial charge is 0.349 e. The highest BCUT2D eigenvalue weighted by Gasteiger charge is 2.23. The second kappa shape index (κ2) is 8.16. The molecule has 1 heterocycles. The first kappa shape index (κ1) is 19.9. The van der Waals surface area contributed by atoms with E-state index in [2.05, 4.69) is 31.3 Å². The summed E-state index contributed by atoms with van der Waals surface area (Å²) in [5, 5.41) is 4.90. The number of carbonyl (C=O) groups excluding carboxylic acids is 1. The second-order valence-electron chi connectivity index (χ2n) is 8.26. The van der Waals surface area contributed by atoms with Crippen molar-refractivity contribution in [2.45, 2.75) is 58.9 Å². The Balaban J connectivity index is 1.90. The first-order valence-corrected chi connectivity index (χ1v) is 10.8. The molecule has 3 nitrogen and oxygen atoms in total. The van der Waals surface area contributed by atoms with Crippen LogP contribution in [0.5, 0.6) is 0 Å². The van der Waals surface area contributed by atoms with Crippen LogP contribution in [0.4, 0.5) is 0 Å². The molecule has 1 N–H and O–H groups in total. The molecule has 1 saturated carbocycles. The van der Waals surface area contributed by atoms with Gasteiger partial charge in [-0.2, -0.15) is 0 Å². The lowest BCUT2D eigenvalue weighted by Gasteiger charge is -2.24. The third-order valence-electron chi connectivity index (χ3n) is 5.93. The molecule has 0 bridgehead atoms. The monoisotopic (exact) mass is 406 g/mol. The molecule has 0 aliphatic heterocycles. The lowest BCUT2D eigenvalue weighted by Crippen LogP contribution is -2.36. The van der Waals surface area contributed by atoms with Crippen LogP contribution in [0, 0.1) is 20.8 Å². The third kappa shape index (κ3) is 4.02. The fourth-order valence-corrected chi connectivity index (χ4v) is 4.72. The van der Waals surface area contributed by atoms with Crippen molar-refractivity contribution < 1.29 is 4.79 Å². The Labute approximate surface area is 177 Å². The van der Waals surface area contributed by atoms with Crippen LogP contribution >= 0.6 is 11.6 Å². The van der Waals surface area contributed by atoms with Crippen LogP contribution < -0.4 is 5.32 Å². The lowest BCUT2D eigenvalue weighted by atomic mass is 9.92. The minimum atomic E-state index is 0.00933.